The number of fused-ring (bicyclic) bond motifs is 2. The SMILES string of the molecule is CC(C)(C)OC(=O)N1C[C@H]2CC3=C(C(=O)CC=C3)[C@H]21. The van der Waals surface area contributed by atoms with Crippen molar-refractivity contribution in [3.63, 3.8) is 0 Å². The molecule has 0 aromatic carbocycles. The fourth-order valence-electron chi connectivity index (χ4n) is 3.16. The molecule has 19 heavy (non-hydrogen) atoms. The van der Waals surface area contributed by atoms with Gasteiger partial charge in [-0.05, 0) is 32.8 Å². The molecule has 0 bridgehead atoms. The number of carbonyl (C=O) groups is 2. The fraction of sp³-hybridized carbons (Fsp3) is 0.600. The number of hydrogen-bond acceptors (Lipinski definition) is 3. The molecule has 0 saturated carbocycles. The molecule has 0 spiro atoms. The average molecular weight is 261 g/mol. The molecule has 2 aliphatic carbocycles. The quantitative estimate of drug-likeness (QED) is 0.673. The monoisotopic (exact) mass is 261 g/mol. The Morgan fingerprint density at radius 3 is 2.84 bits per heavy atom. The lowest BCUT2D eigenvalue weighted by atomic mass is 9.86. The molecule has 1 fully saturated rings. The van der Waals surface area contributed by atoms with E-state index in [9.17, 15) is 9.59 Å². The standard InChI is InChI=1S/C15H19NO3/c1-15(2,3)19-14(18)16-8-10-7-9-5-4-6-11(17)12(9)13(10)16/h4-5,10,13H,6-8H2,1-3H3/t10-,13+/m1/s1. The highest BCUT2D eigenvalue weighted by Crippen LogP contribution is 2.45. The van der Waals surface area contributed by atoms with Gasteiger partial charge in [0.15, 0.2) is 5.78 Å². The van der Waals surface area contributed by atoms with Gasteiger partial charge in [0.25, 0.3) is 0 Å². The summed E-state index contributed by atoms with van der Waals surface area (Å²) >= 11 is 0. The number of ether oxygens (including phenoxy) is 1. The van der Waals surface area contributed by atoms with Crippen molar-refractivity contribution in [2.24, 2.45) is 5.92 Å². The number of carbonyl (C=O) groups excluding carboxylic acids is 2. The minimum absolute atomic E-state index is 0.0395. The van der Waals surface area contributed by atoms with Gasteiger partial charge in [-0.2, -0.15) is 0 Å². The van der Waals surface area contributed by atoms with Crippen LogP contribution in [0.3, 0.4) is 0 Å². The van der Waals surface area contributed by atoms with Crippen LogP contribution in [0, 0.1) is 5.92 Å². The zero-order chi connectivity index (χ0) is 13.8. The molecule has 102 valence electrons. The second-order valence-corrected chi connectivity index (χ2v) is 6.51. The van der Waals surface area contributed by atoms with E-state index in [-0.39, 0.29) is 17.9 Å². The molecular weight excluding hydrogens is 242 g/mol. The number of ketones is 1. The van der Waals surface area contributed by atoms with Crippen molar-refractivity contribution in [1.29, 1.82) is 0 Å². The summed E-state index contributed by atoms with van der Waals surface area (Å²) in [7, 11) is 0. The van der Waals surface area contributed by atoms with Crippen LogP contribution in [0.5, 0.6) is 0 Å². The van der Waals surface area contributed by atoms with Crippen molar-refractivity contribution in [1.82, 2.24) is 4.90 Å². The lowest BCUT2D eigenvalue weighted by Crippen LogP contribution is -2.59. The molecule has 1 aliphatic heterocycles. The first-order valence-corrected chi connectivity index (χ1v) is 6.79. The van der Waals surface area contributed by atoms with E-state index >= 15 is 0 Å². The van der Waals surface area contributed by atoms with Gasteiger partial charge in [0.05, 0.1) is 6.04 Å². The van der Waals surface area contributed by atoms with E-state index < -0.39 is 5.60 Å². The van der Waals surface area contributed by atoms with Crippen LogP contribution in [0.2, 0.25) is 0 Å². The number of nitrogens with zero attached hydrogens (tertiary/aromatic N) is 1. The van der Waals surface area contributed by atoms with Crippen molar-refractivity contribution in [2.75, 3.05) is 6.54 Å². The molecule has 1 heterocycles. The van der Waals surface area contributed by atoms with Crippen LogP contribution in [0.15, 0.2) is 23.3 Å². The van der Waals surface area contributed by atoms with Gasteiger partial charge in [-0.3, -0.25) is 4.79 Å². The Balaban J connectivity index is 1.79. The summed E-state index contributed by atoms with van der Waals surface area (Å²) in [6.45, 7) is 6.27. The smallest absolute Gasteiger partial charge is 0.410 e. The van der Waals surface area contributed by atoms with Crippen LogP contribution >= 0.6 is 0 Å². The number of amides is 1. The first kappa shape index (κ1) is 12.5. The Morgan fingerprint density at radius 1 is 1.42 bits per heavy atom. The second kappa shape index (κ2) is 3.95. The summed E-state index contributed by atoms with van der Waals surface area (Å²) in [6.07, 6.45) is 5.04. The molecule has 1 amide bonds. The Bertz CT molecular complexity index is 510. The van der Waals surface area contributed by atoms with Gasteiger partial charge >= 0.3 is 6.09 Å². The highest BCUT2D eigenvalue weighted by Gasteiger charge is 2.51. The zero-order valence-corrected chi connectivity index (χ0v) is 11.6. The van der Waals surface area contributed by atoms with E-state index in [0.717, 1.165) is 17.6 Å². The van der Waals surface area contributed by atoms with E-state index in [1.54, 1.807) is 4.90 Å². The van der Waals surface area contributed by atoms with Crippen molar-refractivity contribution in [3.8, 4) is 0 Å². The Hall–Kier alpha value is -1.58. The maximum absolute atomic E-state index is 12.1. The number of hydrogen-bond donors (Lipinski definition) is 0. The van der Waals surface area contributed by atoms with Gasteiger partial charge in [-0.25, -0.2) is 4.79 Å². The summed E-state index contributed by atoms with van der Waals surface area (Å²) in [6, 6.07) is -0.0395. The van der Waals surface area contributed by atoms with Crippen LogP contribution < -0.4 is 0 Å². The van der Waals surface area contributed by atoms with Crippen LogP contribution in [0.1, 0.15) is 33.6 Å². The van der Waals surface area contributed by atoms with Crippen molar-refractivity contribution in [2.45, 2.75) is 45.3 Å². The first-order chi connectivity index (χ1) is 8.87. The molecule has 1 saturated heterocycles. The van der Waals surface area contributed by atoms with E-state index in [0.29, 0.717) is 18.9 Å². The Kier molecular flexibility index (Phi) is 2.59. The Morgan fingerprint density at radius 2 is 2.16 bits per heavy atom. The largest absolute Gasteiger partial charge is 0.444 e. The highest BCUT2D eigenvalue weighted by molar-refractivity contribution is 6.01. The second-order valence-electron chi connectivity index (χ2n) is 6.51. The van der Waals surface area contributed by atoms with Gasteiger partial charge in [0.1, 0.15) is 5.60 Å². The maximum Gasteiger partial charge on any atom is 0.410 e. The van der Waals surface area contributed by atoms with Gasteiger partial charge in [-0.1, -0.05) is 12.2 Å². The van der Waals surface area contributed by atoms with Crippen LogP contribution in [0.25, 0.3) is 0 Å². The van der Waals surface area contributed by atoms with E-state index in [1.807, 2.05) is 32.9 Å². The maximum atomic E-state index is 12.1. The van der Waals surface area contributed by atoms with Crippen LogP contribution in [-0.2, 0) is 9.53 Å². The summed E-state index contributed by atoms with van der Waals surface area (Å²) in [4.78, 5) is 25.9. The number of likely N-dealkylation sites (tertiary alicyclic amines) is 1. The molecule has 3 aliphatic rings. The predicted octanol–water partition coefficient (Wildman–Crippen LogP) is 2.45. The molecule has 4 nitrogen and oxygen atoms in total. The third-order valence-electron chi connectivity index (χ3n) is 3.89. The van der Waals surface area contributed by atoms with Crippen LogP contribution in [0.4, 0.5) is 4.79 Å². The zero-order valence-electron chi connectivity index (χ0n) is 11.6. The molecule has 0 aromatic heterocycles. The van der Waals surface area contributed by atoms with Gasteiger partial charge in [-0.15, -0.1) is 0 Å². The normalized spacial score (nSPS) is 29.0. The molecule has 2 atom stereocenters. The lowest BCUT2D eigenvalue weighted by Gasteiger charge is -2.45. The first-order valence-electron chi connectivity index (χ1n) is 6.79. The fourth-order valence-corrected chi connectivity index (χ4v) is 3.16. The summed E-state index contributed by atoms with van der Waals surface area (Å²) in [5.74, 6) is 0.572. The molecule has 3 rings (SSSR count). The third kappa shape index (κ3) is 1.99. The topological polar surface area (TPSA) is 46.6 Å². The minimum atomic E-state index is -0.492. The average Bonchev–Trinajstić information content (AvgIpc) is 2.51. The number of allylic oxidation sites excluding steroid dienone is 3. The van der Waals surface area contributed by atoms with Gasteiger partial charge in [0, 0.05) is 24.5 Å². The molecule has 4 heteroatoms. The predicted molar refractivity (Wildman–Crippen MR) is 70.6 cm³/mol. The molecule has 0 N–H and O–H groups in total. The van der Waals surface area contributed by atoms with Crippen molar-refractivity contribution >= 4 is 11.9 Å². The highest BCUT2D eigenvalue weighted by atomic mass is 16.6. The molecule has 0 aromatic rings. The molecular formula is C15H19NO3. The van der Waals surface area contributed by atoms with Gasteiger partial charge < -0.3 is 9.64 Å². The van der Waals surface area contributed by atoms with Gasteiger partial charge in [0.2, 0.25) is 0 Å². The molecule has 0 radical (unpaired) electrons. The van der Waals surface area contributed by atoms with E-state index in [1.165, 1.54) is 0 Å². The van der Waals surface area contributed by atoms with E-state index in [4.69, 9.17) is 4.74 Å². The van der Waals surface area contributed by atoms with Crippen molar-refractivity contribution < 1.29 is 14.3 Å². The number of Topliss-reactive ketones (excluding diaryl/α,β-unsaturated/α-hetero) is 1. The summed E-state index contributed by atoms with van der Waals surface area (Å²) in [5, 5.41) is 0. The number of rotatable bonds is 0. The van der Waals surface area contributed by atoms with Crippen LogP contribution in [-0.4, -0.2) is 35.0 Å². The minimum Gasteiger partial charge on any atom is -0.444 e. The Labute approximate surface area is 113 Å². The van der Waals surface area contributed by atoms with Crippen molar-refractivity contribution in [3.05, 3.63) is 23.3 Å². The lowest BCUT2D eigenvalue weighted by molar-refractivity contribution is -0.116. The summed E-state index contributed by atoms with van der Waals surface area (Å²) < 4.78 is 5.40. The molecule has 0 unspecified atom stereocenters. The summed E-state index contributed by atoms with van der Waals surface area (Å²) in [5.41, 5.74) is 1.48. The van der Waals surface area contributed by atoms with E-state index in [2.05, 4.69) is 0 Å². The third-order valence-corrected chi connectivity index (χ3v) is 3.89.